The molecule has 1 aromatic rings. The van der Waals surface area contributed by atoms with Crippen LogP contribution in [0.4, 0.5) is 5.82 Å². The lowest BCUT2D eigenvalue weighted by atomic mass is 9.86. The average molecular weight is 426 g/mol. The molecule has 8 nitrogen and oxygen atoms in total. The highest BCUT2D eigenvalue weighted by Gasteiger charge is 2.33. The van der Waals surface area contributed by atoms with E-state index in [-0.39, 0.29) is 24.3 Å². The molecule has 1 atom stereocenters. The number of aliphatic hydroxyl groups is 1. The predicted octanol–water partition coefficient (Wildman–Crippen LogP) is 2.05. The Bertz CT molecular complexity index is 786. The summed E-state index contributed by atoms with van der Waals surface area (Å²) >= 11 is 0. The van der Waals surface area contributed by atoms with Crippen molar-refractivity contribution in [2.45, 2.75) is 57.6 Å². The zero-order chi connectivity index (χ0) is 21.0. The Kier molecular flexibility index (Phi) is 7.23. The summed E-state index contributed by atoms with van der Waals surface area (Å²) in [5.74, 6) is 1.69. The van der Waals surface area contributed by atoms with Crippen LogP contribution in [0, 0.1) is 11.3 Å². The van der Waals surface area contributed by atoms with Crippen LogP contribution in [-0.4, -0.2) is 78.1 Å². The molecule has 29 heavy (non-hydrogen) atoms. The molecule has 1 saturated heterocycles. The zero-order valence-corrected chi connectivity index (χ0v) is 18.3. The monoisotopic (exact) mass is 425 g/mol. The van der Waals surface area contributed by atoms with Crippen molar-refractivity contribution in [2.24, 2.45) is 5.92 Å². The van der Waals surface area contributed by atoms with Gasteiger partial charge in [-0.3, -0.25) is 5.41 Å². The number of hydrogen-bond donors (Lipinski definition) is 4. The number of nitrogens with one attached hydrogen (secondary N) is 3. The highest BCUT2D eigenvalue weighted by molar-refractivity contribution is 7.89. The standard InChI is InChI=1S/C20H35N5O3S/c1-3-22-20-18(10-11-23-20)19(21)24(2)16-8-6-15(7-9-16)14-29(27,28)25-12-4-5-17(26)13-25/h10-11,15-17,21-23,26H,3-9,12-14H2,1-2H3/t15?,16?,17-/m1/s1. The maximum Gasteiger partial charge on any atom is 0.214 e. The molecule has 4 N–H and O–H groups in total. The first kappa shape index (κ1) is 22.1. The number of aromatic amines is 1. The molecule has 3 rings (SSSR count). The summed E-state index contributed by atoms with van der Waals surface area (Å²) < 4.78 is 27.0. The van der Waals surface area contributed by atoms with E-state index in [1.807, 2.05) is 31.1 Å². The minimum atomic E-state index is -3.31. The lowest BCUT2D eigenvalue weighted by molar-refractivity contribution is 0.107. The van der Waals surface area contributed by atoms with Crippen molar-refractivity contribution >= 4 is 21.7 Å². The van der Waals surface area contributed by atoms with Crippen molar-refractivity contribution in [3.05, 3.63) is 17.8 Å². The Hall–Kier alpha value is -1.58. The highest BCUT2D eigenvalue weighted by atomic mass is 32.2. The molecule has 164 valence electrons. The van der Waals surface area contributed by atoms with E-state index in [1.165, 1.54) is 4.31 Å². The van der Waals surface area contributed by atoms with Crippen LogP contribution in [0.2, 0.25) is 0 Å². The number of sulfonamides is 1. The largest absolute Gasteiger partial charge is 0.392 e. The maximum absolute atomic E-state index is 12.7. The summed E-state index contributed by atoms with van der Waals surface area (Å²) in [7, 11) is -1.35. The number of anilines is 1. The smallest absolute Gasteiger partial charge is 0.214 e. The van der Waals surface area contributed by atoms with E-state index < -0.39 is 16.1 Å². The number of β-amino-alcohol motifs (C(OH)–C–C–N with tert-alkyl or cyclic N) is 1. The van der Waals surface area contributed by atoms with Crippen LogP contribution < -0.4 is 5.32 Å². The van der Waals surface area contributed by atoms with E-state index in [9.17, 15) is 13.5 Å². The van der Waals surface area contributed by atoms with Gasteiger partial charge in [-0.15, -0.1) is 0 Å². The first-order valence-electron chi connectivity index (χ1n) is 10.7. The minimum absolute atomic E-state index is 0.155. The third-order valence-electron chi connectivity index (χ3n) is 6.27. The lowest BCUT2D eigenvalue weighted by Crippen LogP contribution is -2.45. The molecule has 1 saturated carbocycles. The Morgan fingerprint density at radius 3 is 2.72 bits per heavy atom. The molecule has 1 aliphatic heterocycles. The van der Waals surface area contributed by atoms with Gasteiger partial charge in [0.1, 0.15) is 11.7 Å². The van der Waals surface area contributed by atoms with Gasteiger partial charge in [0, 0.05) is 38.9 Å². The number of nitrogens with zero attached hydrogens (tertiary/aromatic N) is 2. The topological polar surface area (TPSA) is 113 Å². The number of hydrogen-bond acceptors (Lipinski definition) is 5. The minimum Gasteiger partial charge on any atom is -0.392 e. The third-order valence-corrected chi connectivity index (χ3v) is 8.28. The number of aromatic nitrogens is 1. The van der Waals surface area contributed by atoms with Crippen molar-refractivity contribution in [3.8, 4) is 0 Å². The molecule has 0 unspecified atom stereocenters. The fourth-order valence-corrected chi connectivity index (χ4v) is 6.48. The maximum atomic E-state index is 12.7. The first-order valence-corrected chi connectivity index (χ1v) is 12.3. The van der Waals surface area contributed by atoms with Crippen LogP contribution in [0.5, 0.6) is 0 Å². The van der Waals surface area contributed by atoms with Crippen molar-refractivity contribution in [2.75, 3.05) is 37.8 Å². The molecule has 0 bridgehead atoms. The second-order valence-corrected chi connectivity index (χ2v) is 10.4. The van der Waals surface area contributed by atoms with Gasteiger partial charge in [-0.05, 0) is 57.4 Å². The van der Waals surface area contributed by atoms with Crippen molar-refractivity contribution in [1.82, 2.24) is 14.2 Å². The molecule has 1 aliphatic carbocycles. The quantitative estimate of drug-likeness (QED) is 0.394. The van der Waals surface area contributed by atoms with E-state index in [0.717, 1.165) is 50.0 Å². The fraction of sp³-hybridized carbons (Fsp3) is 0.750. The van der Waals surface area contributed by atoms with Crippen LogP contribution in [0.15, 0.2) is 12.3 Å². The number of H-pyrrole nitrogens is 1. The van der Waals surface area contributed by atoms with Gasteiger partial charge in [-0.1, -0.05) is 0 Å². The van der Waals surface area contributed by atoms with Crippen molar-refractivity contribution < 1.29 is 13.5 Å². The van der Waals surface area contributed by atoms with E-state index in [0.29, 0.717) is 18.8 Å². The number of rotatable bonds is 7. The molecule has 0 radical (unpaired) electrons. The third kappa shape index (κ3) is 5.32. The summed E-state index contributed by atoms with van der Waals surface area (Å²) in [6, 6.07) is 2.17. The lowest BCUT2D eigenvalue weighted by Gasteiger charge is -2.37. The molecule has 2 aliphatic rings. The molecule has 9 heteroatoms. The molecule has 0 amide bonds. The van der Waals surface area contributed by atoms with Gasteiger partial charge in [0.25, 0.3) is 0 Å². The molecular weight excluding hydrogens is 390 g/mol. The average Bonchev–Trinajstić information content (AvgIpc) is 3.16. The van der Waals surface area contributed by atoms with Gasteiger partial charge >= 0.3 is 0 Å². The van der Waals surface area contributed by atoms with E-state index >= 15 is 0 Å². The van der Waals surface area contributed by atoms with E-state index in [2.05, 4.69) is 10.3 Å². The van der Waals surface area contributed by atoms with E-state index in [1.54, 1.807) is 0 Å². The molecule has 0 spiro atoms. The molecular formula is C20H35N5O3S. The van der Waals surface area contributed by atoms with Gasteiger partial charge in [0.05, 0.1) is 17.4 Å². The van der Waals surface area contributed by atoms with Crippen molar-refractivity contribution in [3.63, 3.8) is 0 Å². The second kappa shape index (κ2) is 9.49. The fourth-order valence-electron chi connectivity index (χ4n) is 4.54. The van der Waals surface area contributed by atoms with Gasteiger partial charge in [-0.25, -0.2) is 8.42 Å². The SMILES string of the molecule is CCNc1[nH]ccc1C(=N)N(C)C1CCC(CS(=O)(=O)N2CCC[C@@H](O)C2)CC1. The van der Waals surface area contributed by atoms with Gasteiger partial charge in [-0.2, -0.15) is 4.31 Å². The Morgan fingerprint density at radius 2 is 2.07 bits per heavy atom. The van der Waals surface area contributed by atoms with Crippen LogP contribution in [0.3, 0.4) is 0 Å². The summed E-state index contributed by atoms with van der Waals surface area (Å²) in [6.45, 7) is 3.58. The zero-order valence-electron chi connectivity index (χ0n) is 17.5. The molecule has 2 fully saturated rings. The van der Waals surface area contributed by atoms with Crippen LogP contribution in [0.25, 0.3) is 0 Å². The van der Waals surface area contributed by atoms with Gasteiger partial charge in [0.2, 0.25) is 10.0 Å². The predicted molar refractivity (Wildman–Crippen MR) is 116 cm³/mol. The van der Waals surface area contributed by atoms with Crippen LogP contribution in [-0.2, 0) is 10.0 Å². The van der Waals surface area contributed by atoms with Crippen LogP contribution in [0.1, 0.15) is 51.0 Å². The first-order chi connectivity index (χ1) is 13.8. The second-order valence-electron chi connectivity index (χ2n) is 8.36. The molecule has 0 aromatic carbocycles. The number of piperidine rings is 1. The highest BCUT2D eigenvalue weighted by Crippen LogP contribution is 2.30. The Balaban J connectivity index is 1.53. The van der Waals surface area contributed by atoms with Gasteiger partial charge < -0.3 is 20.3 Å². The Labute approximate surface area is 174 Å². The summed E-state index contributed by atoms with van der Waals surface area (Å²) in [5, 5.41) is 21.6. The number of amidine groups is 1. The van der Waals surface area contributed by atoms with Crippen LogP contribution >= 0.6 is 0 Å². The number of aliphatic hydroxyl groups excluding tert-OH is 1. The Morgan fingerprint density at radius 1 is 1.34 bits per heavy atom. The summed E-state index contributed by atoms with van der Waals surface area (Å²) in [6.07, 6.45) is 6.21. The summed E-state index contributed by atoms with van der Waals surface area (Å²) in [4.78, 5) is 5.17. The van der Waals surface area contributed by atoms with Gasteiger partial charge in [0.15, 0.2) is 0 Å². The van der Waals surface area contributed by atoms with Crippen molar-refractivity contribution in [1.29, 1.82) is 5.41 Å². The normalized spacial score (nSPS) is 26.2. The molecule has 1 aromatic heterocycles. The molecule has 2 heterocycles. The summed E-state index contributed by atoms with van der Waals surface area (Å²) in [5.41, 5.74) is 0.864. The van der Waals surface area contributed by atoms with E-state index in [4.69, 9.17) is 5.41 Å².